The fourth-order valence-corrected chi connectivity index (χ4v) is 6.45. The van der Waals surface area contributed by atoms with Gasteiger partial charge in [0.1, 0.15) is 0 Å². The van der Waals surface area contributed by atoms with Gasteiger partial charge in [-0.2, -0.15) is 0 Å². The number of nitrogens with zero attached hydrogens (tertiary/aromatic N) is 2. The van der Waals surface area contributed by atoms with Crippen LogP contribution in [0.1, 0.15) is 64.9 Å². The molecular weight excluding hydrogens is 344 g/mol. The molecule has 1 heterocycles. The van der Waals surface area contributed by atoms with E-state index < -0.39 is 0 Å². The third-order valence-corrected chi connectivity index (χ3v) is 7.44. The molecule has 3 nitrogen and oxygen atoms in total. The molecule has 2 saturated carbocycles. The Hall–Kier alpha value is -1.06. The van der Waals surface area contributed by atoms with Crippen molar-refractivity contribution in [2.75, 3.05) is 44.2 Å². The number of aliphatic hydroxyl groups excluding tert-OH is 1. The fraction of sp³-hybridized carbons (Fsp3) is 0.760. The Bertz CT molecular complexity index is 659. The molecule has 1 aliphatic heterocycles. The number of piperazine rings is 1. The van der Waals surface area contributed by atoms with Crippen LogP contribution in [0.4, 0.5) is 5.69 Å². The minimum absolute atomic E-state index is 0.381. The average molecular weight is 385 g/mol. The third-order valence-electron chi connectivity index (χ3n) is 7.44. The highest BCUT2D eigenvalue weighted by Crippen LogP contribution is 2.53. The molecule has 28 heavy (non-hydrogen) atoms. The van der Waals surface area contributed by atoms with Crippen molar-refractivity contribution >= 4 is 5.69 Å². The van der Waals surface area contributed by atoms with Gasteiger partial charge >= 0.3 is 0 Å². The summed E-state index contributed by atoms with van der Waals surface area (Å²) < 4.78 is 0. The van der Waals surface area contributed by atoms with Crippen LogP contribution in [0, 0.1) is 22.7 Å². The van der Waals surface area contributed by atoms with Gasteiger partial charge in [-0.05, 0) is 65.9 Å². The summed E-state index contributed by atoms with van der Waals surface area (Å²) in [6.07, 6.45) is 5.16. The van der Waals surface area contributed by atoms with Crippen LogP contribution < -0.4 is 4.90 Å². The Morgan fingerprint density at radius 2 is 1.57 bits per heavy atom. The Kier molecular flexibility index (Phi) is 5.52. The molecule has 3 aliphatic rings. The zero-order valence-electron chi connectivity index (χ0n) is 18.5. The summed E-state index contributed by atoms with van der Waals surface area (Å²) >= 11 is 0. The molecule has 1 aromatic carbocycles. The molecular formula is C25H40N2O. The lowest BCUT2D eigenvalue weighted by atomic mass is 9.60. The second kappa shape index (κ2) is 7.65. The summed E-state index contributed by atoms with van der Waals surface area (Å²) in [5.74, 6) is 2.00. The topological polar surface area (TPSA) is 26.7 Å². The summed E-state index contributed by atoms with van der Waals surface area (Å²) in [6, 6.07) is 9.23. The van der Waals surface area contributed by atoms with Gasteiger partial charge in [0.25, 0.3) is 0 Å². The summed E-state index contributed by atoms with van der Waals surface area (Å²) in [4.78, 5) is 5.25. The van der Waals surface area contributed by atoms with Crippen molar-refractivity contribution in [3.05, 3.63) is 29.8 Å². The first-order chi connectivity index (χ1) is 13.3. The van der Waals surface area contributed by atoms with Gasteiger partial charge in [-0.3, -0.25) is 4.90 Å². The van der Waals surface area contributed by atoms with E-state index in [9.17, 15) is 5.11 Å². The highest BCUT2D eigenvalue weighted by molar-refractivity contribution is 5.56. The largest absolute Gasteiger partial charge is 0.396 e. The second-order valence-corrected chi connectivity index (χ2v) is 11.4. The lowest BCUT2D eigenvalue weighted by molar-refractivity contribution is 0.0970. The average Bonchev–Trinajstić information content (AvgIpc) is 3.38. The lowest BCUT2D eigenvalue weighted by Gasteiger charge is -2.46. The predicted molar refractivity (Wildman–Crippen MR) is 118 cm³/mol. The maximum absolute atomic E-state index is 9.30. The van der Waals surface area contributed by atoms with Crippen LogP contribution in [0.5, 0.6) is 0 Å². The molecule has 1 aromatic rings. The van der Waals surface area contributed by atoms with Crippen molar-refractivity contribution in [3.8, 4) is 0 Å². The van der Waals surface area contributed by atoms with Crippen molar-refractivity contribution in [1.82, 2.24) is 4.90 Å². The molecule has 0 aromatic heterocycles. The van der Waals surface area contributed by atoms with Gasteiger partial charge in [0.2, 0.25) is 0 Å². The number of rotatable bonds is 5. The van der Waals surface area contributed by atoms with Crippen LogP contribution in [0.15, 0.2) is 24.3 Å². The van der Waals surface area contributed by atoms with E-state index in [0.29, 0.717) is 29.3 Å². The molecule has 0 amide bonds. The van der Waals surface area contributed by atoms with Gasteiger partial charge in [0, 0.05) is 45.0 Å². The summed E-state index contributed by atoms with van der Waals surface area (Å²) in [6.45, 7) is 16.0. The maximum atomic E-state index is 9.30. The first kappa shape index (κ1) is 20.2. The van der Waals surface area contributed by atoms with E-state index in [4.69, 9.17) is 0 Å². The van der Waals surface area contributed by atoms with E-state index >= 15 is 0 Å². The molecule has 2 unspecified atom stereocenters. The standard InChI is InChI=1S/C25H40N2O/c1-24(2)14-21(15-25(3,4)18-24)22-7-5-6-8-23(22)27-11-9-26(10-12-27)16-19-13-20(19)17-28/h5-8,19-21,28H,9-18H2,1-4H3. The summed E-state index contributed by atoms with van der Waals surface area (Å²) in [5.41, 5.74) is 3.91. The number of aliphatic hydroxyl groups is 1. The van der Waals surface area contributed by atoms with Gasteiger partial charge in [-0.15, -0.1) is 0 Å². The molecule has 0 radical (unpaired) electrons. The molecule has 3 fully saturated rings. The van der Waals surface area contributed by atoms with E-state index in [1.54, 1.807) is 5.56 Å². The highest BCUT2D eigenvalue weighted by atomic mass is 16.3. The van der Waals surface area contributed by atoms with Crippen LogP contribution in [-0.4, -0.2) is 49.3 Å². The molecule has 156 valence electrons. The van der Waals surface area contributed by atoms with Gasteiger partial charge < -0.3 is 10.0 Å². The van der Waals surface area contributed by atoms with Crippen molar-refractivity contribution in [2.24, 2.45) is 22.7 Å². The molecule has 0 bridgehead atoms. The second-order valence-electron chi connectivity index (χ2n) is 11.4. The maximum Gasteiger partial charge on any atom is 0.0462 e. The molecule has 0 spiro atoms. The van der Waals surface area contributed by atoms with Crippen LogP contribution in [0.2, 0.25) is 0 Å². The number of benzene rings is 1. The van der Waals surface area contributed by atoms with E-state index in [1.165, 1.54) is 37.9 Å². The summed E-state index contributed by atoms with van der Waals surface area (Å²) in [7, 11) is 0. The van der Waals surface area contributed by atoms with Crippen molar-refractivity contribution in [3.63, 3.8) is 0 Å². The van der Waals surface area contributed by atoms with E-state index in [1.807, 2.05) is 0 Å². The lowest BCUT2D eigenvalue weighted by Crippen LogP contribution is -2.47. The van der Waals surface area contributed by atoms with Crippen molar-refractivity contribution in [1.29, 1.82) is 0 Å². The number of hydrogen-bond acceptors (Lipinski definition) is 3. The van der Waals surface area contributed by atoms with Gasteiger partial charge in [0.15, 0.2) is 0 Å². The monoisotopic (exact) mass is 384 g/mol. The zero-order valence-corrected chi connectivity index (χ0v) is 18.5. The van der Waals surface area contributed by atoms with Gasteiger partial charge in [0.05, 0.1) is 0 Å². The Morgan fingerprint density at radius 3 is 2.18 bits per heavy atom. The first-order valence-electron chi connectivity index (χ1n) is 11.4. The Morgan fingerprint density at radius 1 is 0.929 bits per heavy atom. The molecule has 2 aliphatic carbocycles. The van der Waals surface area contributed by atoms with Crippen LogP contribution in [-0.2, 0) is 0 Å². The molecule has 2 atom stereocenters. The highest BCUT2D eigenvalue weighted by Gasteiger charge is 2.40. The van der Waals surface area contributed by atoms with Crippen molar-refractivity contribution < 1.29 is 5.11 Å². The molecule has 1 saturated heterocycles. The smallest absolute Gasteiger partial charge is 0.0462 e. The van der Waals surface area contributed by atoms with Crippen molar-refractivity contribution in [2.45, 2.75) is 59.3 Å². The molecule has 4 rings (SSSR count). The predicted octanol–water partition coefficient (Wildman–Crippen LogP) is 4.76. The van der Waals surface area contributed by atoms with Crippen LogP contribution in [0.25, 0.3) is 0 Å². The minimum atomic E-state index is 0.381. The van der Waals surface area contributed by atoms with E-state index in [-0.39, 0.29) is 0 Å². The van der Waals surface area contributed by atoms with Crippen LogP contribution in [0.3, 0.4) is 0 Å². The number of para-hydroxylation sites is 1. The SMILES string of the molecule is CC1(C)CC(c2ccccc2N2CCN(CC3CC3CO)CC2)CC(C)(C)C1. The third kappa shape index (κ3) is 4.57. The summed E-state index contributed by atoms with van der Waals surface area (Å²) in [5, 5.41) is 9.30. The quantitative estimate of drug-likeness (QED) is 0.793. The van der Waals surface area contributed by atoms with Crippen LogP contribution >= 0.6 is 0 Å². The number of anilines is 1. The van der Waals surface area contributed by atoms with E-state index in [2.05, 4.69) is 61.8 Å². The zero-order chi connectivity index (χ0) is 19.9. The van der Waals surface area contributed by atoms with E-state index in [0.717, 1.165) is 32.1 Å². The molecule has 3 heteroatoms. The normalized spacial score (nSPS) is 30.4. The minimum Gasteiger partial charge on any atom is -0.396 e. The Balaban J connectivity index is 1.44. The van der Waals surface area contributed by atoms with Gasteiger partial charge in [-0.25, -0.2) is 0 Å². The Labute approximate surface area is 172 Å². The first-order valence-corrected chi connectivity index (χ1v) is 11.4. The number of hydrogen-bond donors (Lipinski definition) is 1. The molecule has 1 N–H and O–H groups in total. The fourth-order valence-electron chi connectivity index (χ4n) is 6.45. The van der Waals surface area contributed by atoms with Gasteiger partial charge in [-0.1, -0.05) is 45.9 Å².